The van der Waals surface area contributed by atoms with Crippen molar-refractivity contribution >= 4 is 39.0 Å². The van der Waals surface area contributed by atoms with Crippen LogP contribution in [-0.4, -0.2) is 15.2 Å². The van der Waals surface area contributed by atoms with E-state index in [1.165, 1.54) is 0 Å². The Kier molecular flexibility index (Phi) is 2.94. The number of nitrogens with one attached hydrogen (secondary N) is 1. The molecule has 18 heavy (non-hydrogen) atoms. The van der Waals surface area contributed by atoms with Gasteiger partial charge in [-0.25, -0.2) is 0 Å². The maximum atomic E-state index is 4.29. The van der Waals surface area contributed by atoms with Gasteiger partial charge in [0.15, 0.2) is 0 Å². The van der Waals surface area contributed by atoms with Crippen molar-refractivity contribution in [2.45, 2.75) is 0 Å². The Hall–Kier alpha value is -1.94. The number of nitrogens with zero attached hydrogens (tertiary/aromatic N) is 2. The molecule has 4 heteroatoms. The summed E-state index contributed by atoms with van der Waals surface area (Å²) >= 11 is 3.44. The highest BCUT2D eigenvalue weighted by atomic mass is 79.9. The van der Waals surface area contributed by atoms with E-state index in [1.807, 2.05) is 48.6 Å². The van der Waals surface area contributed by atoms with E-state index in [1.54, 1.807) is 6.20 Å². The van der Waals surface area contributed by atoms with Gasteiger partial charge in [-0.05, 0) is 42.5 Å². The van der Waals surface area contributed by atoms with Crippen molar-refractivity contribution in [1.29, 1.82) is 0 Å². The second kappa shape index (κ2) is 4.74. The number of fused-ring (bicyclic) bond motifs is 1. The first-order valence-corrected chi connectivity index (χ1v) is 6.35. The van der Waals surface area contributed by atoms with Crippen molar-refractivity contribution in [1.82, 2.24) is 15.2 Å². The minimum absolute atomic E-state index is 0.920. The molecule has 0 unspecified atom stereocenters. The average Bonchev–Trinajstić information content (AvgIpc) is 2.80. The fraction of sp³-hybridized carbons (Fsp3) is 0. The zero-order valence-electron chi connectivity index (χ0n) is 9.47. The van der Waals surface area contributed by atoms with Crippen LogP contribution in [0.3, 0.4) is 0 Å². The smallest absolute Gasteiger partial charge is 0.0928 e. The van der Waals surface area contributed by atoms with Gasteiger partial charge in [-0.1, -0.05) is 22.0 Å². The van der Waals surface area contributed by atoms with Crippen molar-refractivity contribution in [2.75, 3.05) is 0 Å². The van der Waals surface area contributed by atoms with Crippen molar-refractivity contribution in [3.63, 3.8) is 0 Å². The van der Waals surface area contributed by atoms with E-state index in [-0.39, 0.29) is 0 Å². The van der Waals surface area contributed by atoms with E-state index < -0.39 is 0 Å². The van der Waals surface area contributed by atoms with Gasteiger partial charge in [0.1, 0.15) is 0 Å². The van der Waals surface area contributed by atoms with Crippen LogP contribution < -0.4 is 0 Å². The average molecular weight is 300 g/mol. The number of H-pyrrole nitrogens is 1. The molecule has 0 saturated heterocycles. The number of rotatable bonds is 2. The molecule has 0 saturated carbocycles. The Balaban J connectivity index is 1.98. The fourth-order valence-electron chi connectivity index (χ4n) is 1.78. The minimum Gasteiger partial charge on any atom is -0.277 e. The third-order valence-corrected chi connectivity index (χ3v) is 3.15. The first kappa shape index (κ1) is 11.2. The second-order valence-corrected chi connectivity index (χ2v) is 4.80. The predicted octanol–water partition coefficient (Wildman–Crippen LogP) is 3.89. The molecule has 1 aromatic carbocycles. The monoisotopic (exact) mass is 299 g/mol. The Morgan fingerprint density at radius 2 is 2.06 bits per heavy atom. The standard InChI is InChI=1S/C14H10BrN3/c15-10-4-6-12-13(17-18-14(12)9-10)7-5-11-3-1-2-8-16-11/h1-9H,(H,17,18)/b7-5+. The largest absolute Gasteiger partial charge is 0.277 e. The Morgan fingerprint density at radius 3 is 2.89 bits per heavy atom. The number of benzene rings is 1. The molecule has 0 spiro atoms. The lowest BCUT2D eigenvalue weighted by molar-refractivity contribution is 1.11. The van der Waals surface area contributed by atoms with Crippen LogP contribution >= 0.6 is 15.9 Å². The molecule has 3 aromatic rings. The maximum Gasteiger partial charge on any atom is 0.0928 e. The van der Waals surface area contributed by atoms with E-state index in [0.29, 0.717) is 0 Å². The topological polar surface area (TPSA) is 41.6 Å². The summed E-state index contributed by atoms with van der Waals surface area (Å²) in [6.07, 6.45) is 5.70. The summed E-state index contributed by atoms with van der Waals surface area (Å²) < 4.78 is 1.04. The lowest BCUT2D eigenvalue weighted by Crippen LogP contribution is -1.77. The van der Waals surface area contributed by atoms with Gasteiger partial charge in [-0.3, -0.25) is 10.1 Å². The fourth-order valence-corrected chi connectivity index (χ4v) is 2.14. The van der Waals surface area contributed by atoms with E-state index in [9.17, 15) is 0 Å². The molecule has 0 atom stereocenters. The molecular weight excluding hydrogens is 290 g/mol. The number of halogens is 1. The van der Waals surface area contributed by atoms with Crippen LogP contribution in [0.5, 0.6) is 0 Å². The maximum absolute atomic E-state index is 4.29. The molecule has 2 aromatic heterocycles. The molecule has 0 aliphatic rings. The summed E-state index contributed by atoms with van der Waals surface area (Å²) in [4.78, 5) is 4.24. The molecular formula is C14H10BrN3. The summed E-state index contributed by atoms with van der Waals surface area (Å²) in [7, 11) is 0. The first-order valence-electron chi connectivity index (χ1n) is 5.56. The third kappa shape index (κ3) is 2.19. The molecule has 2 heterocycles. The van der Waals surface area contributed by atoms with Crippen molar-refractivity contribution in [3.05, 3.63) is 58.5 Å². The highest BCUT2D eigenvalue weighted by Gasteiger charge is 2.02. The van der Waals surface area contributed by atoms with Crippen LogP contribution in [0.25, 0.3) is 23.1 Å². The Labute approximate surface area is 113 Å². The van der Waals surface area contributed by atoms with Gasteiger partial charge in [0, 0.05) is 16.1 Å². The normalized spacial score (nSPS) is 11.4. The van der Waals surface area contributed by atoms with E-state index >= 15 is 0 Å². The number of aromatic nitrogens is 3. The summed E-state index contributed by atoms with van der Waals surface area (Å²) in [5.41, 5.74) is 2.86. The Morgan fingerprint density at radius 1 is 1.11 bits per heavy atom. The number of hydrogen-bond donors (Lipinski definition) is 1. The molecule has 88 valence electrons. The van der Waals surface area contributed by atoms with Gasteiger partial charge < -0.3 is 0 Å². The molecule has 1 N–H and O–H groups in total. The molecule has 0 aliphatic heterocycles. The van der Waals surface area contributed by atoms with E-state index in [0.717, 1.165) is 26.8 Å². The second-order valence-electron chi connectivity index (χ2n) is 3.89. The molecule has 0 aliphatic carbocycles. The molecule has 3 rings (SSSR count). The van der Waals surface area contributed by atoms with Crippen molar-refractivity contribution < 1.29 is 0 Å². The van der Waals surface area contributed by atoms with Gasteiger partial charge in [0.05, 0.1) is 16.9 Å². The summed E-state index contributed by atoms with van der Waals surface area (Å²) in [5, 5.41) is 8.41. The lowest BCUT2D eigenvalue weighted by Gasteiger charge is -1.92. The van der Waals surface area contributed by atoms with Crippen LogP contribution in [0, 0.1) is 0 Å². The van der Waals surface area contributed by atoms with Crippen LogP contribution in [0.2, 0.25) is 0 Å². The first-order chi connectivity index (χ1) is 8.83. The lowest BCUT2D eigenvalue weighted by atomic mass is 10.2. The van der Waals surface area contributed by atoms with Crippen LogP contribution in [0.15, 0.2) is 47.1 Å². The van der Waals surface area contributed by atoms with Gasteiger partial charge in [0.2, 0.25) is 0 Å². The van der Waals surface area contributed by atoms with Crippen LogP contribution in [-0.2, 0) is 0 Å². The number of hydrogen-bond acceptors (Lipinski definition) is 2. The molecule has 0 amide bonds. The SMILES string of the molecule is Brc1ccc2c(/C=C/c3ccccn3)n[nH]c2c1. The van der Waals surface area contributed by atoms with Gasteiger partial charge in [-0.2, -0.15) is 5.10 Å². The molecule has 0 radical (unpaired) electrons. The quantitative estimate of drug-likeness (QED) is 0.780. The van der Waals surface area contributed by atoms with Gasteiger partial charge >= 0.3 is 0 Å². The van der Waals surface area contributed by atoms with Crippen LogP contribution in [0.1, 0.15) is 11.4 Å². The number of aromatic amines is 1. The zero-order chi connectivity index (χ0) is 12.4. The Bertz CT molecular complexity index is 701. The third-order valence-electron chi connectivity index (χ3n) is 2.65. The zero-order valence-corrected chi connectivity index (χ0v) is 11.1. The van der Waals surface area contributed by atoms with E-state index in [4.69, 9.17) is 0 Å². The molecule has 0 fully saturated rings. The predicted molar refractivity (Wildman–Crippen MR) is 77.0 cm³/mol. The highest BCUT2D eigenvalue weighted by molar-refractivity contribution is 9.10. The van der Waals surface area contributed by atoms with Crippen molar-refractivity contribution in [2.24, 2.45) is 0 Å². The van der Waals surface area contributed by atoms with E-state index in [2.05, 4.69) is 31.1 Å². The van der Waals surface area contributed by atoms with Gasteiger partial charge in [-0.15, -0.1) is 0 Å². The summed E-state index contributed by atoms with van der Waals surface area (Å²) in [6, 6.07) is 11.9. The van der Waals surface area contributed by atoms with Gasteiger partial charge in [0.25, 0.3) is 0 Å². The van der Waals surface area contributed by atoms with Crippen molar-refractivity contribution in [3.8, 4) is 0 Å². The summed E-state index contributed by atoms with van der Waals surface area (Å²) in [6.45, 7) is 0. The summed E-state index contributed by atoms with van der Waals surface area (Å²) in [5.74, 6) is 0. The molecule has 3 nitrogen and oxygen atoms in total. The minimum atomic E-state index is 0.920. The number of pyridine rings is 1. The highest BCUT2D eigenvalue weighted by Crippen LogP contribution is 2.21. The molecule has 0 bridgehead atoms. The van der Waals surface area contributed by atoms with Crippen LogP contribution in [0.4, 0.5) is 0 Å².